The summed E-state index contributed by atoms with van der Waals surface area (Å²) in [6, 6.07) is 39.2. The van der Waals surface area contributed by atoms with Crippen LogP contribution in [0.25, 0.3) is 21.9 Å². The molecule has 4 heteroatoms. The van der Waals surface area contributed by atoms with E-state index in [9.17, 15) is 0 Å². The quantitative estimate of drug-likeness (QED) is 0.215. The summed E-state index contributed by atoms with van der Waals surface area (Å²) in [5, 5.41) is 3.40. The number of hydrogen-bond donors (Lipinski definition) is 0. The van der Waals surface area contributed by atoms with E-state index in [1.807, 2.05) is 6.07 Å². The van der Waals surface area contributed by atoms with Crippen LogP contribution in [0.1, 0.15) is 85.0 Å². The molecule has 0 heterocycles. The summed E-state index contributed by atoms with van der Waals surface area (Å²) in [6.45, 7) is 14.0. The van der Waals surface area contributed by atoms with Crippen LogP contribution in [-0.2, 0) is 32.1 Å². The minimum Gasteiger partial charge on any atom is -1.00 e. The normalized spacial score (nSPS) is 14.2. The maximum atomic E-state index is 6.78. The minimum absolute atomic E-state index is 0. The summed E-state index contributed by atoms with van der Waals surface area (Å²) in [4.78, 5) is 0. The van der Waals surface area contributed by atoms with Gasteiger partial charge in [0.1, 0.15) is 0 Å². The molecule has 0 radical (unpaired) electrons. The Hall–Kier alpha value is -2.54. The van der Waals surface area contributed by atoms with E-state index in [4.69, 9.17) is 11.6 Å². The zero-order valence-corrected chi connectivity index (χ0v) is 32.7. The van der Waals surface area contributed by atoms with Crippen LogP contribution in [0.2, 0.25) is 5.02 Å². The van der Waals surface area contributed by atoms with Crippen LogP contribution >= 0.6 is 11.6 Å². The van der Waals surface area contributed by atoms with Crippen LogP contribution in [0.15, 0.2) is 125 Å². The van der Waals surface area contributed by atoms with Gasteiger partial charge in [0, 0.05) is 0 Å². The van der Waals surface area contributed by atoms with Gasteiger partial charge in [-0.05, 0) is 0 Å². The maximum Gasteiger partial charge on any atom is -1.00 e. The summed E-state index contributed by atoms with van der Waals surface area (Å²) in [5.74, 6) is 0. The molecule has 0 aromatic heterocycles. The van der Waals surface area contributed by atoms with Crippen LogP contribution in [-0.4, -0.2) is 3.21 Å². The standard InChI is InChI=1S/C21H25.C17H11Cl.C5H5.2ClH.Zr/c1-20(2,3)16-9-7-14-11-15-8-10-17(21(4,5)6)13-19(15)18(14)12-16;18-16-9-3-5-13(12-16)11-15-8-4-7-14-6-1-2-10-17(14)15;1-2-4-5-3-1;;;/h7-13H,1-6H3;1-10,12H;1-3H,4H2;2*1H;/q;;;;;+2/p-2. The Morgan fingerprint density at radius 1 is 0.681 bits per heavy atom. The van der Waals surface area contributed by atoms with Crippen molar-refractivity contribution in [3.63, 3.8) is 0 Å². The van der Waals surface area contributed by atoms with Crippen molar-refractivity contribution in [2.45, 2.75) is 62.4 Å². The molecule has 0 bridgehead atoms. The van der Waals surface area contributed by atoms with Crippen LogP contribution in [0.5, 0.6) is 0 Å². The number of benzene rings is 5. The molecule has 0 saturated carbocycles. The molecule has 0 unspecified atom stereocenters. The van der Waals surface area contributed by atoms with E-state index in [1.54, 1.807) is 3.28 Å². The average molecular weight is 755 g/mol. The molecule has 0 nitrogen and oxygen atoms in total. The number of hydrogen-bond acceptors (Lipinski definition) is 0. The van der Waals surface area contributed by atoms with E-state index in [0.717, 1.165) is 11.4 Å². The molecule has 0 saturated heterocycles. The largest absolute Gasteiger partial charge is 1.00 e. The molecule has 5 aromatic rings. The Bertz CT molecular complexity index is 2000. The van der Waals surface area contributed by atoms with E-state index >= 15 is 0 Å². The predicted octanol–water partition coefficient (Wildman–Crippen LogP) is 5.90. The molecule has 0 amide bonds. The first-order valence-electron chi connectivity index (χ1n) is 16.1. The Morgan fingerprint density at radius 2 is 1.28 bits per heavy atom. The average Bonchev–Trinajstić information content (AvgIpc) is 3.65. The first-order valence-corrected chi connectivity index (χ1v) is 20.4. The van der Waals surface area contributed by atoms with Gasteiger partial charge >= 0.3 is 283 Å². The monoisotopic (exact) mass is 752 g/mol. The fourth-order valence-corrected chi connectivity index (χ4v) is 16.4. The second-order valence-corrected chi connectivity index (χ2v) is 21.4. The Kier molecular flexibility index (Phi) is 10.5. The van der Waals surface area contributed by atoms with Crippen molar-refractivity contribution in [1.82, 2.24) is 0 Å². The van der Waals surface area contributed by atoms with Gasteiger partial charge in [-0.1, -0.05) is 0 Å². The van der Waals surface area contributed by atoms with Gasteiger partial charge < -0.3 is 24.8 Å². The van der Waals surface area contributed by atoms with Gasteiger partial charge in [-0.3, -0.25) is 0 Å². The van der Waals surface area contributed by atoms with E-state index < -0.39 is 21.3 Å². The zero-order valence-electron chi connectivity index (χ0n) is 28.0. The van der Waals surface area contributed by atoms with E-state index in [1.165, 1.54) is 58.5 Å². The van der Waals surface area contributed by atoms with Crippen molar-refractivity contribution in [2.75, 3.05) is 0 Å². The molecule has 0 N–H and O–H groups in total. The van der Waals surface area contributed by atoms with Crippen molar-refractivity contribution in [3.05, 3.63) is 163 Å². The molecule has 2 aliphatic rings. The number of halogens is 3. The smallest absolute Gasteiger partial charge is 1.00 e. The Labute approximate surface area is 305 Å². The molecule has 0 atom stereocenters. The molecule has 0 fully saturated rings. The first-order chi connectivity index (χ1) is 21.5. The molecule has 47 heavy (non-hydrogen) atoms. The summed E-state index contributed by atoms with van der Waals surface area (Å²) < 4.78 is 3.54. The molecule has 0 spiro atoms. The summed E-state index contributed by atoms with van der Waals surface area (Å²) >= 11 is 3.95. The zero-order chi connectivity index (χ0) is 31.5. The van der Waals surface area contributed by atoms with Crippen LogP contribution < -0.4 is 24.8 Å². The summed E-state index contributed by atoms with van der Waals surface area (Å²) in [7, 11) is 0. The molecule has 2 aliphatic carbocycles. The number of allylic oxidation sites excluding steroid dienone is 4. The van der Waals surface area contributed by atoms with Crippen LogP contribution in [0.3, 0.4) is 0 Å². The van der Waals surface area contributed by atoms with Crippen molar-refractivity contribution in [2.24, 2.45) is 0 Å². The van der Waals surface area contributed by atoms with Crippen molar-refractivity contribution >= 4 is 25.6 Å². The van der Waals surface area contributed by atoms with Gasteiger partial charge in [0.15, 0.2) is 0 Å². The van der Waals surface area contributed by atoms with Crippen molar-refractivity contribution in [1.29, 1.82) is 0 Å². The third-order valence-electron chi connectivity index (χ3n) is 9.60. The Balaban J connectivity index is 0.00000217. The van der Waals surface area contributed by atoms with Crippen molar-refractivity contribution in [3.8, 4) is 11.1 Å². The molecular weight excluding hydrogens is 714 g/mol. The first kappa shape index (κ1) is 35.8. The van der Waals surface area contributed by atoms with Crippen LogP contribution in [0, 0.1) is 0 Å². The third kappa shape index (κ3) is 6.72. The topological polar surface area (TPSA) is 0 Å². The van der Waals surface area contributed by atoms with Gasteiger partial charge in [-0.25, -0.2) is 0 Å². The number of rotatable bonds is 4. The molecule has 238 valence electrons. The second kappa shape index (κ2) is 13.8. The van der Waals surface area contributed by atoms with E-state index in [-0.39, 0.29) is 35.6 Å². The third-order valence-corrected chi connectivity index (χ3v) is 18.1. The molecule has 5 aromatic carbocycles. The predicted molar refractivity (Wildman–Crippen MR) is 192 cm³/mol. The molecule has 7 rings (SSSR count). The summed E-state index contributed by atoms with van der Waals surface area (Å²) in [6.07, 6.45) is 8.13. The van der Waals surface area contributed by atoms with Gasteiger partial charge in [0.2, 0.25) is 0 Å². The molecular formula is C43H41Cl3Zr. The van der Waals surface area contributed by atoms with Gasteiger partial charge in [-0.2, -0.15) is 0 Å². The Morgan fingerprint density at radius 3 is 1.85 bits per heavy atom. The second-order valence-electron chi connectivity index (χ2n) is 14.7. The number of fused-ring (bicyclic) bond motifs is 4. The fourth-order valence-electron chi connectivity index (χ4n) is 7.17. The SMILES string of the molecule is CC(C)(C)c1ccc2c(c1)-c1cc(C(C)(C)C)ccc1[CH]2/[Zr+2]([C]1=CC=CC1)=[C](/c1cccc(Cl)c1)c1cccc2ccccc12.[Cl-].[Cl-]. The van der Waals surface area contributed by atoms with Gasteiger partial charge in [0.05, 0.1) is 0 Å². The van der Waals surface area contributed by atoms with E-state index in [0.29, 0.717) is 3.63 Å². The van der Waals surface area contributed by atoms with Crippen molar-refractivity contribution < 1.29 is 46.1 Å². The van der Waals surface area contributed by atoms with Crippen LogP contribution in [0.4, 0.5) is 0 Å². The maximum absolute atomic E-state index is 6.78. The minimum atomic E-state index is -2.83. The summed E-state index contributed by atoms with van der Waals surface area (Å²) in [5.41, 5.74) is 11.5. The van der Waals surface area contributed by atoms with Gasteiger partial charge in [-0.15, -0.1) is 0 Å². The van der Waals surface area contributed by atoms with E-state index in [2.05, 4.69) is 157 Å². The molecule has 0 aliphatic heterocycles. The van der Waals surface area contributed by atoms with Gasteiger partial charge in [0.25, 0.3) is 0 Å². The fraction of sp³-hybridized carbons (Fsp3) is 0.233.